The Morgan fingerprint density at radius 3 is 2.32 bits per heavy atom. The number of amides is 2. The molecule has 7 rings (SSSR count). The van der Waals surface area contributed by atoms with Gasteiger partial charge < -0.3 is 14.8 Å². The van der Waals surface area contributed by atoms with E-state index >= 15 is 0 Å². The Hall–Kier alpha value is -3.81. The molecule has 8 nitrogen and oxygen atoms in total. The summed E-state index contributed by atoms with van der Waals surface area (Å²) in [6, 6.07) is 17.7. The van der Waals surface area contributed by atoms with Gasteiger partial charge in [0.05, 0.1) is 25.0 Å². The molecule has 2 aromatic carbocycles. The van der Waals surface area contributed by atoms with Crippen LogP contribution in [0.4, 0.5) is 4.79 Å². The Morgan fingerprint density at radius 2 is 1.61 bits per heavy atom. The summed E-state index contributed by atoms with van der Waals surface area (Å²) in [5.41, 5.74) is 5.74. The number of para-hydroxylation sites is 1. The zero-order chi connectivity index (χ0) is 28.3. The Balaban J connectivity index is 1.14. The highest BCUT2D eigenvalue weighted by Gasteiger charge is 2.50. The number of carbonyl (C=O) groups excluding carboxylic acids is 3. The lowest BCUT2D eigenvalue weighted by atomic mass is 9.55. The van der Waals surface area contributed by atoms with Gasteiger partial charge in [-0.25, -0.2) is 10.2 Å². The van der Waals surface area contributed by atoms with Gasteiger partial charge in [0, 0.05) is 18.1 Å². The number of rotatable bonds is 10. The molecular formula is C33H39N3O5. The van der Waals surface area contributed by atoms with E-state index in [0.717, 1.165) is 33.9 Å². The molecule has 3 aromatic rings. The van der Waals surface area contributed by atoms with Crippen molar-refractivity contribution in [3.05, 3.63) is 71.9 Å². The molecule has 1 atom stereocenters. The molecule has 0 saturated heterocycles. The predicted molar refractivity (Wildman–Crippen MR) is 156 cm³/mol. The first-order chi connectivity index (χ1) is 20.0. The molecule has 0 radical (unpaired) electrons. The lowest BCUT2D eigenvalue weighted by Crippen LogP contribution is -2.50. The number of hydrogen-bond acceptors (Lipinski definition) is 5. The van der Waals surface area contributed by atoms with Gasteiger partial charge in [0.15, 0.2) is 0 Å². The van der Waals surface area contributed by atoms with Gasteiger partial charge in [-0.3, -0.25) is 14.3 Å². The number of fused-ring (bicyclic) bond motifs is 1. The predicted octanol–water partition coefficient (Wildman–Crippen LogP) is 5.23. The quantitative estimate of drug-likeness (QED) is 0.333. The number of methoxy groups -OCH3 is 1. The number of benzene rings is 2. The minimum atomic E-state index is -0.613. The van der Waals surface area contributed by atoms with Crippen LogP contribution >= 0.6 is 0 Å². The summed E-state index contributed by atoms with van der Waals surface area (Å²) in [6.45, 7) is 0.473. The van der Waals surface area contributed by atoms with E-state index in [-0.39, 0.29) is 18.4 Å². The fraction of sp³-hybridized carbons (Fsp3) is 0.485. The van der Waals surface area contributed by atoms with E-state index in [1.807, 2.05) is 60.8 Å². The van der Waals surface area contributed by atoms with Crippen molar-refractivity contribution in [2.75, 3.05) is 19.1 Å². The van der Waals surface area contributed by atoms with E-state index in [4.69, 9.17) is 9.47 Å². The zero-order valence-electron chi connectivity index (χ0n) is 23.6. The molecule has 1 aromatic heterocycles. The van der Waals surface area contributed by atoms with Gasteiger partial charge in [0.2, 0.25) is 5.91 Å². The van der Waals surface area contributed by atoms with E-state index in [9.17, 15) is 14.4 Å². The first-order valence-corrected chi connectivity index (χ1v) is 14.9. The molecule has 1 unspecified atom stereocenters. The van der Waals surface area contributed by atoms with Crippen LogP contribution in [0, 0.1) is 29.6 Å². The Kier molecular flexibility index (Phi) is 7.99. The minimum absolute atomic E-state index is 0.00637. The maximum atomic E-state index is 13.2. The number of ether oxygens (including phenoxy) is 2. The molecule has 41 heavy (non-hydrogen) atoms. The lowest BCUT2D eigenvalue weighted by molar-refractivity contribution is -0.144. The molecule has 4 bridgehead atoms. The van der Waals surface area contributed by atoms with Gasteiger partial charge in [0.25, 0.3) is 0 Å². The molecule has 0 aliphatic heterocycles. The molecule has 2 amide bonds. The van der Waals surface area contributed by atoms with Crippen LogP contribution < -0.4 is 10.7 Å². The number of aromatic nitrogens is 1. The molecule has 2 N–H and O–H groups in total. The van der Waals surface area contributed by atoms with Crippen LogP contribution in [-0.4, -0.2) is 42.4 Å². The smallest absolute Gasteiger partial charge is 0.426 e. The van der Waals surface area contributed by atoms with E-state index in [1.54, 1.807) is 4.68 Å². The number of hydrogen-bond donors (Lipinski definition) is 2. The second-order valence-electron chi connectivity index (χ2n) is 12.2. The number of carbonyl (C=O) groups is 3. The van der Waals surface area contributed by atoms with Crippen molar-refractivity contribution < 1.29 is 23.9 Å². The molecule has 1 heterocycles. The Bertz CT molecular complexity index is 1370. The van der Waals surface area contributed by atoms with Gasteiger partial charge in [-0.05, 0) is 85.8 Å². The Morgan fingerprint density at radius 1 is 0.927 bits per heavy atom. The number of nitrogens with zero attached hydrogens (tertiary/aromatic N) is 1. The van der Waals surface area contributed by atoms with E-state index in [2.05, 4.69) is 10.7 Å². The SMILES string of the molecule is COC(=O)CC(Cc1cn(NC(=O)O[C@H]2C3CC4CC(C3)C[C@@H]2C4)c2ccccc12)C(=O)NCCc1ccccc1. The van der Waals surface area contributed by atoms with Crippen molar-refractivity contribution in [1.82, 2.24) is 9.99 Å². The molecule has 4 aliphatic rings. The maximum absolute atomic E-state index is 13.2. The summed E-state index contributed by atoms with van der Waals surface area (Å²) >= 11 is 0. The molecule has 8 heteroatoms. The van der Waals surface area contributed by atoms with Crippen molar-refractivity contribution in [3.8, 4) is 0 Å². The second kappa shape index (κ2) is 12.0. The van der Waals surface area contributed by atoms with Crippen molar-refractivity contribution in [2.45, 2.75) is 57.5 Å². The van der Waals surface area contributed by atoms with Gasteiger partial charge in [0.1, 0.15) is 6.10 Å². The molecule has 0 spiro atoms. The van der Waals surface area contributed by atoms with Gasteiger partial charge in [-0.2, -0.15) is 0 Å². The van der Waals surface area contributed by atoms with E-state index in [1.165, 1.54) is 39.2 Å². The molecule has 4 aliphatic carbocycles. The summed E-state index contributed by atoms with van der Waals surface area (Å²) in [4.78, 5) is 38.6. The first kappa shape index (κ1) is 27.4. The summed E-state index contributed by atoms with van der Waals surface area (Å²) in [7, 11) is 1.33. The lowest BCUT2D eigenvalue weighted by Gasteiger charge is -2.53. The summed E-state index contributed by atoms with van der Waals surface area (Å²) < 4.78 is 12.6. The van der Waals surface area contributed by atoms with Crippen molar-refractivity contribution >= 4 is 28.9 Å². The molecular weight excluding hydrogens is 518 g/mol. The van der Waals surface area contributed by atoms with Crippen molar-refractivity contribution in [2.24, 2.45) is 29.6 Å². The van der Waals surface area contributed by atoms with Gasteiger partial charge in [-0.1, -0.05) is 48.5 Å². The minimum Gasteiger partial charge on any atom is -0.469 e. The molecule has 216 valence electrons. The summed E-state index contributed by atoms with van der Waals surface area (Å²) in [5.74, 6) is 1.33. The second-order valence-corrected chi connectivity index (χ2v) is 12.2. The maximum Gasteiger partial charge on any atom is 0.426 e. The normalized spacial score (nSPS) is 25.0. The third-order valence-corrected chi connectivity index (χ3v) is 9.42. The third-order valence-electron chi connectivity index (χ3n) is 9.42. The number of nitrogens with one attached hydrogen (secondary N) is 2. The molecule has 4 saturated carbocycles. The standard InChI is InChI=1S/C33H39N3O5/c1-40-30(37)19-26(32(38)34-12-11-21-7-3-2-4-8-21)18-27-20-36(29-10-6-5-9-28(27)29)35-33(39)41-31-24-14-22-13-23(16-24)17-25(31)15-22/h2-10,20,22-26,31H,11-19H2,1H3,(H,34,38)(H,35,39)/t22?,23?,24-,25?,26?,31-/m1/s1. The summed E-state index contributed by atoms with van der Waals surface area (Å²) in [6.07, 6.45) is 8.44. The zero-order valence-corrected chi connectivity index (χ0v) is 23.6. The molecule has 4 fully saturated rings. The third kappa shape index (κ3) is 6.11. The van der Waals surface area contributed by atoms with Gasteiger partial charge >= 0.3 is 12.1 Å². The van der Waals surface area contributed by atoms with Crippen LogP contribution in [0.1, 0.15) is 49.7 Å². The highest BCUT2D eigenvalue weighted by molar-refractivity contribution is 5.89. The Labute approximate surface area is 240 Å². The summed E-state index contributed by atoms with van der Waals surface area (Å²) in [5, 5.41) is 3.91. The average molecular weight is 558 g/mol. The van der Waals surface area contributed by atoms with Crippen molar-refractivity contribution in [3.63, 3.8) is 0 Å². The van der Waals surface area contributed by atoms with E-state index in [0.29, 0.717) is 31.2 Å². The van der Waals surface area contributed by atoms with Crippen LogP contribution in [-0.2, 0) is 31.9 Å². The fourth-order valence-electron chi connectivity index (χ4n) is 7.75. The van der Waals surface area contributed by atoms with Crippen LogP contribution in [0.5, 0.6) is 0 Å². The van der Waals surface area contributed by atoms with Crippen LogP contribution in [0.2, 0.25) is 0 Å². The largest absolute Gasteiger partial charge is 0.469 e. The number of esters is 1. The highest BCUT2D eigenvalue weighted by Crippen LogP contribution is 2.54. The van der Waals surface area contributed by atoms with Crippen LogP contribution in [0.3, 0.4) is 0 Å². The van der Waals surface area contributed by atoms with Gasteiger partial charge in [-0.15, -0.1) is 0 Å². The van der Waals surface area contributed by atoms with E-state index < -0.39 is 18.0 Å². The van der Waals surface area contributed by atoms with Crippen LogP contribution in [0.15, 0.2) is 60.8 Å². The van der Waals surface area contributed by atoms with Crippen molar-refractivity contribution in [1.29, 1.82) is 0 Å². The topological polar surface area (TPSA) is 98.7 Å². The highest BCUT2D eigenvalue weighted by atomic mass is 16.6. The van der Waals surface area contributed by atoms with Crippen LogP contribution in [0.25, 0.3) is 10.9 Å². The first-order valence-electron chi connectivity index (χ1n) is 14.9. The fourth-order valence-corrected chi connectivity index (χ4v) is 7.75. The average Bonchev–Trinajstić information content (AvgIpc) is 3.31. The monoisotopic (exact) mass is 557 g/mol.